The molecule has 4 heteroatoms. The lowest BCUT2D eigenvalue weighted by molar-refractivity contribution is -0.127. The third-order valence-corrected chi connectivity index (χ3v) is 5.55. The van der Waals surface area contributed by atoms with Crippen LogP contribution in [0.3, 0.4) is 0 Å². The molecule has 3 rings (SSSR count). The molecule has 0 saturated heterocycles. The summed E-state index contributed by atoms with van der Waals surface area (Å²) in [7, 11) is 0. The van der Waals surface area contributed by atoms with Gasteiger partial charge in [0.25, 0.3) is 5.91 Å². The molecule has 0 unspecified atom stereocenters. The zero-order valence-corrected chi connectivity index (χ0v) is 13.1. The van der Waals surface area contributed by atoms with Gasteiger partial charge >= 0.3 is 0 Å². The van der Waals surface area contributed by atoms with Crippen LogP contribution in [0.4, 0.5) is 0 Å². The Morgan fingerprint density at radius 1 is 1.19 bits per heavy atom. The number of hydrogen-bond donors (Lipinski definition) is 0. The lowest BCUT2D eigenvalue weighted by Crippen LogP contribution is -2.26. The minimum absolute atomic E-state index is 0.163. The van der Waals surface area contributed by atoms with Crippen molar-refractivity contribution in [2.45, 2.75) is 43.8 Å². The van der Waals surface area contributed by atoms with E-state index in [4.69, 9.17) is 0 Å². The van der Waals surface area contributed by atoms with Crippen molar-refractivity contribution in [1.82, 2.24) is 5.01 Å². The zero-order valence-electron chi connectivity index (χ0n) is 12.3. The molecule has 3 nitrogen and oxygen atoms in total. The zero-order chi connectivity index (χ0) is 14.5. The highest BCUT2D eigenvalue weighted by atomic mass is 32.2. The second-order valence-electron chi connectivity index (χ2n) is 5.75. The monoisotopic (exact) mass is 302 g/mol. The average molecular weight is 302 g/mol. The molecule has 1 amide bonds. The van der Waals surface area contributed by atoms with Crippen LogP contribution in [0.1, 0.15) is 44.1 Å². The predicted molar refractivity (Wildman–Crippen MR) is 88.6 cm³/mol. The molecule has 1 aliphatic carbocycles. The fourth-order valence-corrected chi connectivity index (χ4v) is 4.16. The van der Waals surface area contributed by atoms with E-state index < -0.39 is 0 Å². The van der Waals surface area contributed by atoms with Gasteiger partial charge in [-0.05, 0) is 18.4 Å². The van der Waals surface area contributed by atoms with E-state index in [1.807, 2.05) is 30.0 Å². The van der Waals surface area contributed by atoms with Crippen molar-refractivity contribution in [1.29, 1.82) is 0 Å². The molecule has 1 aromatic carbocycles. The SMILES string of the molecule is O=C(CSC1CCCCC1)N1CCC(c2ccccc2)=N1. The molecule has 1 fully saturated rings. The van der Waals surface area contributed by atoms with Crippen LogP contribution in [0, 0.1) is 0 Å². The quantitative estimate of drug-likeness (QED) is 0.849. The van der Waals surface area contributed by atoms with Crippen molar-refractivity contribution >= 4 is 23.4 Å². The van der Waals surface area contributed by atoms with Gasteiger partial charge in [0.2, 0.25) is 0 Å². The summed E-state index contributed by atoms with van der Waals surface area (Å²) < 4.78 is 0. The van der Waals surface area contributed by atoms with Gasteiger partial charge in [0.05, 0.1) is 18.0 Å². The molecule has 1 heterocycles. The summed E-state index contributed by atoms with van der Waals surface area (Å²) in [4.78, 5) is 12.3. The predicted octanol–water partition coefficient (Wildman–Crippen LogP) is 3.69. The van der Waals surface area contributed by atoms with Crippen molar-refractivity contribution in [2.75, 3.05) is 12.3 Å². The first-order chi connectivity index (χ1) is 10.3. The molecule has 1 aromatic rings. The van der Waals surface area contributed by atoms with Crippen LogP contribution >= 0.6 is 11.8 Å². The van der Waals surface area contributed by atoms with E-state index in [-0.39, 0.29) is 5.91 Å². The van der Waals surface area contributed by atoms with Crippen LogP contribution in [0.5, 0.6) is 0 Å². The largest absolute Gasteiger partial charge is 0.272 e. The van der Waals surface area contributed by atoms with Crippen LogP contribution in [-0.4, -0.2) is 34.2 Å². The molecule has 0 N–H and O–H groups in total. The first-order valence-electron chi connectivity index (χ1n) is 7.88. The summed E-state index contributed by atoms with van der Waals surface area (Å²) in [6.45, 7) is 0.730. The van der Waals surface area contributed by atoms with Gasteiger partial charge in [-0.15, -0.1) is 11.8 Å². The van der Waals surface area contributed by atoms with E-state index in [1.54, 1.807) is 5.01 Å². The molecule has 21 heavy (non-hydrogen) atoms. The molecule has 0 aromatic heterocycles. The summed E-state index contributed by atoms with van der Waals surface area (Å²) >= 11 is 1.83. The number of hydrazone groups is 1. The molecular formula is C17H22N2OS. The standard InChI is InChI=1S/C17H22N2OS/c20-17(13-21-15-9-5-2-6-10-15)19-12-11-16(18-19)14-7-3-1-4-8-14/h1,3-4,7-8,15H,2,5-6,9-13H2. The van der Waals surface area contributed by atoms with E-state index in [0.29, 0.717) is 11.0 Å². The van der Waals surface area contributed by atoms with Gasteiger partial charge < -0.3 is 0 Å². The van der Waals surface area contributed by atoms with Crippen LogP contribution < -0.4 is 0 Å². The van der Waals surface area contributed by atoms with E-state index >= 15 is 0 Å². The molecule has 0 bridgehead atoms. The topological polar surface area (TPSA) is 32.7 Å². The van der Waals surface area contributed by atoms with Crippen molar-refractivity contribution in [3.8, 4) is 0 Å². The summed E-state index contributed by atoms with van der Waals surface area (Å²) in [6, 6.07) is 10.2. The number of nitrogens with zero attached hydrogens (tertiary/aromatic N) is 2. The van der Waals surface area contributed by atoms with Gasteiger partial charge in [-0.2, -0.15) is 5.10 Å². The van der Waals surface area contributed by atoms with Crippen molar-refractivity contribution < 1.29 is 4.79 Å². The Morgan fingerprint density at radius 2 is 1.95 bits per heavy atom. The van der Waals surface area contributed by atoms with Crippen LogP contribution in [0.25, 0.3) is 0 Å². The number of carbonyl (C=O) groups excluding carboxylic acids is 1. The Bertz CT molecular complexity index is 509. The maximum Gasteiger partial charge on any atom is 0.252 e. The molecule has 1 saturated carbocycles. The van der Waals surface area contributed by atoms with Gasteiger partial charge in [-0.3, -0.25) is 4.79 Å². The van der Waals surface area contributed by atoms with E-state index in [9.17, 15) is 4.79 Å². The number of rotatable bonds is 4. The van der Waals surface area contributed by atoms with Gasteiger partial charge in [0.1, 0.15) is 0 Å². The third-order valence-electron chi connectivity index (χ3n) is 4.19. The maximum absolute atomic E-state index is 12.3. The Balaban J connectivity index is 1.52. The lowest BCUT2D eigenvalue weighted by Gasteiger charge is -2.21. The van der Waals surface area contributed by atoms with Crippen LogP contribution in [-0.2, 0) is 4.79 Å². The second-order valence-corrected chi connectivity index (χ2v) is 7.04. The normalized spacial score (nSPS) is 19.6. The molecule has 0 radical (unpaired) electrons. The third kappa shape index (κ3) is 3.88. The van der Waals surface area contributed by atoms with E-state index in [2.05, 4.69) is 17.2 Å². The van der Waals surface area contributed by atoms with Gasteiger partial charge in [-0.25, -0.2) is 5.01 Å². The van der Waals surface area contributed by atoms with Crippen LogP contribution in [0.15, 0.2) is 35.4 Å². The molecule has 112 valence electrons. The summed E-state index contributed by atoms with van der Waals surface area (Å²) in [6.07, 6.45) is 7.43. The van der Waals surface area contributed by atoms with E-state index in [0.717, 1.165) is 24.2 Å². The lowest BCUT2D eigenvalue weighted by atomic mass is 10.0. The van der Waals surface area contributed by atoms with Gasteiger partial charge in [0.15, 0.2) is 0 Å². The smallest absolute Gasteiger partial charge is 0.252 e. The minimum atomic E-state index is 0.163. The Labute approximate surface area is 130 Å². The highest BCUT2D eigenvalue weighted by molar-refractivity contribution is 8.00. The average Bonchev–Trinajstić information content (AvgIpc) is 3.04. The number of carbonyl (C=O) groups is 1. The van der Waals surface area contributed by atoms with E-state index in [1.165, 1.54) is 32.1 Å². The van der Waals surface area contributed by atoms with Gasteiger partial charge in [-0.1, -0.05) is 49.6 Å². The highest BCUT2D eigenvalue weighted by Gasteiger charge is 2.23. The van der Waals surface area contributed by atoms with Crippen LogP contribution in [0.2, 0.25) is 0 Å². The van der Waals surface area contributed by atoms with Crippen molar-refractivity contribution in [3.05, 3.63) is 35.9 Å². The fourth-order valence-electron chi connectivity index (χ4n) is 2.97. The summed E-state index contributed by atoms with van der Waals surface area (Å²) in [5.74, 6) is 0.743. The fraction of sp³-hybridized carbons (Fsp3) is 0.529. The molecular weight excluding hydrogens is 280 g/mol. The Hall–Kier alpha value is -1.29. The maximum atomic E-state index is 12.3. The minimum Gasteiger partial charge on any atom is -0.272 e. The molecule has 1 aliphatic heterocycles. The second kappa shape index (κ2) is 7.12. The Kier molecular flexibility index (Phi) is 4.96. The first kappa shape index (κ1) is 14.6. The molecule has 0 atom stereocenters. The summed E-state index contributed by atoms with van der Waals surface area (Å²) in [5, 5.41) is 6.86. The van der Waals surface area contributed by atoms with Gasteiger partial charge in [0, 0.05) is 11.7 Å². The summed E-state index contributed by atoms with van der Waals surface area (Å²) in [5.41, 5.74) is 2.17. The van der Waals surface area contributed by atoms with Crippen molar-refractivity contribution in [3.63, 3.8) is 0 Å². The number of amides is 1. The first-order valence-corrected chi connectivity index (χ1v) is 8.92. The van der Waals surface area contributed by atoms with Crippen molar-refractivity contribution in [2.24, 2.45) is 5.10 Å². The number of hydrogen-bond acceptors (Lipinski definition) is 3. The number of thioether (sulfide) groups is 1. The highest BCUT2D eigenvalue weighted by Crippen LogP contribution is 2.28. The number of benzene rings is 1. The molecule has 2 aliphatic rings. The Morgan fingerprint density at radius 3 is 2.71 bits per heavy atom. The molecule has 0 spiro atoms.